The van der Waals surface area contributed by atoms with Gasteiger partial charge in [0, 0.05) is 18.6 Å². The summed E-state index contributed by atoms with van der Waals surface area (Å²) in [6.07, 6.45) is 7.25. The Kier molecular flexibility index (Phi) is 3.45. The van der Waals surface area contributed by atoms with Gasteiger partial charge in [-0.25, -0.2) is 0 Å². The van der Waals surface area contributed by atoms with Gasteiger partial charge in [0.05, 0.1) is 0 Å². The van der Waals surface area contributed by atoms with Gasteiger partial charge in [-0.3, -0.25) is 4.90 Å². The van der Waals surface area contributed by atoms with E-state index in [0.29, 0.717) is 0 Å². The molecule has 0 amide bonds. The highest BCUT2D eigenvalue weighted by atomic mass is 15.2. The molecule has 3 rings (SSSR count). The Morgan fingerprint density at radius 3 is 2.76 bits per heavy atom. The molecule has 3 fully saturated rings. The number of nitrogens with one attached hydrogen (secondary N) is 1. The second kappa shape index (κ2) is 4.89. The zero-order chi connectivity index (χ0) is 11.8. The zero-order valence-electron chi connectivity index (χ0n) is 11.5. The van der Waals surface area contributed by atoms with Crippen LogP contribution in [0.4, 0.5) is 0 Å². The molecule has 0 aromatic heterocycles. The van der Waals surface area contributed by atoms with Gasteiger partial charge in [-0.05, 0) is 56.5 Å². The van der Waals surface area contributed by atoms with Crippen molar-refractivity contribution in [3.8, 4) is 0 Å². The van der Waals surface area contributed by atoms with Crippen LogP contribution < -0.4 is 5.32 Å². The third kappa shape index (κ3) is 2.26. The molecule has 2 heteroatoms. The largest absolute Gasteiger partial charge is 0.315 e. The predicted molar refractivity (Wildman–Crippen MR) is 72.1 cm³/mol. The van der Waals surface area contributed by atoms with Gasteiger partial charge < -0.3 is 5.32 Å². The van der Waals surface area contributed by atoms with Gasteiger partial charge in [0.2, 0.25) is 0 Å². The summed E-state index contributed by atoms with van der Waals surface area (Å²) in [5, 5.41) is 3.62. The quantitative estimate of drug-likeness (QED) is 0.752. The highest BCUT2D eigenvalue weighted by molar-refractivity contribution is 4.96. The highest BCUT2D eigenvalue weighted by Crippen LogP contribution is 2.37. The first-order valence-electron chi connectivity index (χ1n) is 7.72. The molecule has 1 aliphatic carbocycles. The fourth-order valence-electron chi connectivity index (χ4n) is 4.48. The lowest BCUT2D eigenvalue weighted by molar-refractivity contribution is 0.0208. The van der Waals surface area contributed by atoms with Crippen LogP contribution >= 0.6 is 0 Å². The van der Waals surface area contributed by atoms with Gasteiger partial charge in [-0.2, -0.15) is 0 Å². The molecule has 1 N–H and O–H groups in total. The van der Waals surface area contributed by atoms with Crippen molar-refractivity contribution in [1.82, 2.24) is 10.2 Å². The number of piperidine rings is 1. The van der Waals surface area contributed by atoms with Crippen molar-refractivity contribution in [3.05, 3.63) is 0 Å². The summed E-state index contributed by atoms with van der Waals surface area (Å²) in [7, 11) is 0. The minimum atomic E-state index is 0.862. The maximum absolute atomic E-state index is 3.62. The van der Waals surface area contributed by atoms with E-state index in [9.17, 15) is 0 Å². The van der Waals surface area contributed by atoms with Gasteiger partial charge in [-0.1, -0.05) is 20.3 Å². The minimum Gasteiger partial charge on any atom is -0.315 e. The van der Waals surface area contributed by atoms with Crippen molar-refractivity contribution in [2.24, 2.45) is 17.8 Å². The summed E-state index contributed by atoms with van der Waals surface area (Å²) >= 11 is 0. The summed E-state index contributed by atoms with van der Waals surface area (Å²) in [5.74, 6) is 2.82. The Bertz CT molecular complexity index is 266. The van der Waals surface area contributed by atoms with E-state index in [0.717, 1.165) is 29.8 Å². The monoisotopic (exact) mass is 236 g/mol. The van der Waals surface area contributed by atoms with Crippen LogP contribution in [0.2, 0.25) is 0 Å². The zero-order valence-corrected chi connectivity index (χ0v) is 11.5. The molecule has 5 atom stereocenters. The van der Waals surface area contributed by atoms with Crippen LogP contribution in [0.1, 0.15) is 46.0 Å². The van der Waals surface area contributed by atoms with Crippen LogP contribution in [0.5, 0.6) is 0 Å². The number of hydrogen-bond acceptors (Lipinski definition) is 2. The summed E-state index contributed by atoms with van der Waals surface area (Å²) in [4.78, 5) is 2.90. The first-order chi connectivity index (χ1) is 8.25. The van der Waals surface area contributed by atoms with Crippen molar-refractivity contribution in [3.63, 3.8) is 0 Å². The topological polar surface area (TPSA) is 15.3 Å². The van der Waals surface area contributed by atoms with Crippen LogP contribution in [0.25, 0.3) is 0 Å². The number of hydrogen-bond donors (Lipinski definition) is 1. The van der Waals surface area contributed by atoms with E-state index in [1.165, 1.54) is 51.7 Å². The van der Waals surface area contributed by atoms with Gasteiger partial charge in [-0.15, -0.1) is 0 Å². The molecule has 5 unspecified atom stereocenters. The van der Waals surface area contributed by atoms with E-state index in [4.69, 9.17) is 0 Å². The Hall–Kier alpha value is -0.0800. The molecular weight excluding hydrogens is 208 g/mol. The van der Waals surface area contributed by atoms with Crippen molar-refractivity contribution in [1.29, 1.82) is 0 Å². The molecule has 2 nitrogen and oxygen atoms in total. The standard InChI is InChI=1S/C15H28N2/c1-11-5-6-12(2)14(8-11)17-7-3-4-13-9-16-10-15(13)17/h11-16H,3-10H2,1-2H3. The molecule has 2 saturated heterocycles. The van der Waals surface area contributed by atoms with E-state index >= 15 is 0 Å². The normalized spacial score (nSPS) is 48.0. The van der Waals surface area contributed by atoms with Gasteiger partial charge in [0.1, 0.15) is 0 Å². The molecule has 2 aliphatic heterocycles. The summed E-state index contributed by atoms with van der Waals surface area (Å²) in [6.45, 7) is 8.83. The average molecular weight is 236 g/mol. The SMILES string of the molecule is CC1CCC(C)C(N2CCCC3CNCC32)C1. The van der Waals surface area contributed by atoms with Crippen LogP contribution in [-0.4, -0.2) is 36.6 Å². The molecule has 0 radical (unpaired) electrons. The second-order valence-electron chi connectivity index (χ2n) is 6.83. The lowest BCUT2D eigenvalue weighted by Gasteiger charge is -2.47. The predicted octanol–water partition coefficient (Wildman–Crippen LogP) is 2.49. The summed E-state index contributed by atoms with van der Waals surface area (Å²) < 4.78 is 0. The van der Waals surface area contributed by atoms with Crippen molar-refractivity contribution >= 4 is 0 Å². The van der Waals surface area contributed by atoms with E-state index in [1.807, 2.05) is 0 Å². The summed E-state index contributed by atoms with van der Waals surface area (Å²) in [6, 6.07) is 1.74. The molecule has 0 bridgehead atoms. The Morgan fingerprint density at radius 2 is 1.88 bits per heavy atom. The fraction of sp³-hybridized carbons (Fsp3) is 1.00. The van der Waals surface area contributed by atoms with E-state index in [-0.39, 0.29) is 0 Å². The molecule has 98 valence electrons. The molecular formula is C15H28N2. The van der Waals surface area contributed by atoms with Crippen LogP contribution in [-0.2, 0) is 0 Å². The smallest absolute Gasteiger partial charge is 0.0264 e. The fourth-order valence-corrected chi connectivity index (χ4v) is 4.48. The lowest BCUT2D eigenvalue weighted by atomic mass is 9.77. The Balaban J connectivity index is 1.72. The number of rotatable bonds is 1. The average Bonchev–Trinajstić information content (AvgIpc) is 2.80. The van der Waals surface area contributed by atoms with Crippen LogP contribution in [0.3, 0.4) is 0 Å². The van der Waals surface area contributed by atoms with Crippen molar-refractivity contribution in [2.75, 3.05) is 19.6 Å². The van der Waals surface area contributed by atoms with Crippen molar-refractivity contribution in [2.45, 2.75) is 58.0 Å². The van der Waals surface area contributed by atoms with Gasteiger partial charge in [0.25, 0.3) is 0 Å². The maximum atomic E-state index is 3.62. The molecule has 3 aliphatic rings. The van der Waals surface area contributed by atoms with E-state index in [1.54, 1.807) is 0 Å². The second-order valence-corrected chi connectivity index (χ2v) is 6.83. The number of fused-ring (bicyclic) bond motifs is 1. The molecule has 2 heterocycles. The van der Waals surface area contributed by atoms with E-state index in [2.05, 4.69) is 24.1 Å². The van der Waals surface area contributed by atoms with E-state index < -0.39 is 0 Å². The third-order valence-corrected chi connectivity index (χ3v) is 5.56. The molecule has 0 aromatic carbocycles. The van der Waals surface area contributed by atoms with Gasteiger partial charge in [0.15, 0.2) is 0 Å². The maximum Gasteiger partial charge on any atom is 0.0264 e. The first-order valence-corrected chi connectivity index (χ1v) is 7.72. The Labute approximate surface area is 106 Å². The first kappa shape index (κ1) is 12.0. The Morgan fingerprint density at radius 1 is 1.00 bits per heavy atom. The molecule has 17 heavy (non-hydrogen) atoms. The molecule has 1 saturated carbocycles. The lowest BCUT2D eigenvalue weighted by Crippen LogP contribution is -2.54. The minimum absolute atomic E-state index is 0.862. The summed E-state index contributed by atoms with van der Waals surface area (Å²) in [5.41, 5.74) is 0. The van der Waals surface area contributed by atoms with Crippen LogP contribution in [0.15, 0.2) is 0 Å². The molecule has 0 aromatic rings. The highest BCUT2D eigenvalue weighted by Gasteiger charge is 2.40. The van der Waals surface area contributed by atoms with Crippen molar-refractivity contribution < 1.29 is 0 Å². The third-order valence-electron chi connectivity index (χ3n) is 5.56. The molecule has 0 spiro atoms. The van der Waals surface area contributed by atoms with Gasteiger partial charge >= 0.3 is 0 Å². The number of likely N-dealkylation sites (tertiary alicyclic amines) is 1. The number of nitrogens with zero attached hydrogens (tertiary/aromatic N) is 1. The van der Waals surface area contributed by atoms with Crippen LogP contribution in [0, 0.1) is 17.8 Å².